The van der Waals surface area contributed by atoms with Crippen molar-refractivity contribution in [1.29, 1.82) is 0 Å². The van der Waals surface area contributed by atoms with Crippen LogP contribution in [-0.2, 0) is 0 Å². The minimum Gasteiger partial charge on any atom is -0.0985 e. The molecule has 5 aromatic carbocycles. The largest absolute Gasteiger partial charge is 0.384 e. The van der Waals surface area contributed by atoms with Crippen molar-refractivity contribution in [3.8, 4) is 0 Å². The second-order valence-corrected chi connectivity index (χ2v) is 16.5. The van der Waals surface area contributed by atoms with Gasteiger partial charge in [-0.1, -0.05) is 145 Å². The Morgan fingerprint density at radius 2 is 0.850 bits per heavy atom. The summed E-state index contributed by atoms with van der Waals surface area (Å²) >= 11 is -1.85. The molecule has 0 heterocycles. The average molecular weight is 553 g/mol. The van der Waals surface area contributed by atoms with Crippen molar-refractivity contribution in [2.75, 3.05) is 0 Å². The van der Waals surface area contributed by atoms with Crippen molar-refractivity contribution in [2.45, 2.75) is 41.5 Å². The summed E-state index contributed by atoms with van der Waals surface area (Å²) in [6.07, 6.45) is 2.56. The summed E-state index contributed by atoms with van der Waals surface area (Å²) in [5.41, 5.74) is 9.54. The summed E-state index contributed by atoms with van der Waals surface area (Å²) < 4.78 is 4.53. The first-order valence-electron chi connectivity index (χ1n) is 14.2. The maximum atomic E-state index is 2.56. The number of hydrogen-bond acceptors (Lipinski definition) is 0. The second kappa shape index (κ2) is 12.5. The van der Waals surface area contributed by atoms with E-state index >= 15 is 0 Å². The van der Waals surface area contributed by atoms with Crippen LogP contribution in [0.25, 0.3) is 6.08 Å². The van der Waals surface area contributed by atoms with E-state index in [9.17, 15) is 0 Å². The molecule has 0 nitrogen and oxygen atoms in total. The maximum Gasteiger partial charge on any atom is 0.384 e. The summed E-state index contributed by atoms with van der Waals surface area (Å²) in [4.78, 5) is 0. The minimum atomic E-state index is -1.85. The molecule has 5 rings (SSSR count). The molecule has 0 spiro atoms. The van der Waals surface area contributed by atoms with Gasteiger partial charge in [-0.25, -0.2) is 0 Å². The van der Waals surface area contributed by atoms with Crippen LogP contribution in [0.15, 0.2) is 119 Å². The van der Waals surface area contributed by atoms with Crippen LogP contribution in [0.1, 0.15) is 38.9 Å². The van der Waals surface area contributed by atoms with Crippen LogP contribution in [0.3, 0.4) is 0 Å². The van der Waals surface area contributed by atoms with Gasteiger partial charge in [-0.05, 0) is 87.9 Å². The maximum absolute atomic E-state index is 2.56. The highest BCUT2D eigenvalue weighted by molar-refractivity contribution is 7.80. The van der Waals surface area contributed by atoms with E-state index in [1.165, 1.54) is 58.4 Å². The van der Waals surface area contributed by atoms with Gasteiger partial charge in [-0.15, -0.1) is 0 Å². The fraction of sp³-hybridized carbons (Fsp3) is 0.158. The first-order valence-corrected chi connectivity index (χ1v) is 17.2. The molecule has 0 atom stereocenters. The zero-order valence-electron chi connectivity index (χ0n) is 24.6. The molecular formula is C38H38AlP. The van der Waals surface area contributed by atoms with Crippen molar-refractivity contribution < 1.29 is 0 Å². The van der Waals surface area contributed by atoms with E-state index in [2.05, 4.69) is 163 Å². The lowest BCUT2D eigenvalue weighted by atomic mass is 10.1. The normalized spacial score (nSPS) is 11.6. The number of benzene rings is 5. The van der Waals surface area contributed by atoms with E-state index < -0.39 is 22.1 Å². The van der Waals surface area contributed by atoms with E-state index in [0.717, 1.165) is 0 Å². The fourth-order valence-electron chi connectivity index (χ4n) is 6.24. The third-order valence-electron chi connectivity index (χ3n) is 7.65. The molecule has 5 aromatic rings. The minimum absolute atomic E-state index is 0.810. The zero-order chi connectivity index (χ0) is 28.2. The molecule has 0 bridgehead atoms. The Kier molecular flexibility index (Phi) is 8.88. The van der Waals surface area contributed by atoms with Gasteiger partial charge in [0.25, 0.3) is 0 Å². The highest BCUT2D eigenvalue weighted by Crippen LogP contribution is 2.48. The van der Waals surface area contributed by atoms with Crippen molar-refractivity contribution in [3.63, 3.8) is 0 Å². The number of rotatable bonds is 7. The van der Waals surface area contributed by atoms with Crippen LogP contribution in [0.2, 0.25) is 0 Å². The molecule has 0 fully saturated rings. The van der Waals surface area contributed by atoms with E-state index in [0.29, 0.717) is 0 Å². The molecular weight excluding hydrogens is 514 g/mol. The van der Waals surface area contributed by atoms with Gasteiger partial charge in [0, 0.05) is 0 Å². The molecule has 0 saturated heterocycles. The summed E-state index contributed by atoms with van der Waals surface area (Å²) in [6, 6.07) is 43.1. The van der Waals surface area contributed by atoms with Crippen molar-refractivity contribution in [3.05, 3.63) is 158 Å². The van der Waals surface area contributed by atoms with Gasteiger partial charge in [0.15, 0.2) is 0 Å². The number of hydrogen-bond donors (Lipinski definition) is 0. The molecule has 40 heavy (non-hydrogen) atoms. The van der Waals surface area contributed by atoms with Gasteiger partial charge in [0.1, 0.15) is 0 Å². The topological polar surface area (TPSA) is 0 Å². The first kappa shape index (κ1) is 28.3. The SMILES string of the molecule is Cc1cc(C)c(P(/[C](=C/c2ccccc2)[Al]([c]2ccccc2)[c]2ccccc2)c2c(C)cc(C)cc2C)c(C)c1. The third-order valence-corrected chi connectivity index (χ3v) is 15.0. The van der Waals surface area contributed by atoms with Gasteiger partial charge >= 0.3 is 14.1 Å². The molecule has 0 amide bonds. The van der Waals surface area contributed by atoms with E-state index in [1.807, 2.05) is 0 Å². The summed E-state index contributed by atoms with van der Waals surface area (Å²) in [5.74, 6) is 0. The number of aryl methyl sites for hydroxylation is 6. The van der Waals surface area contributed by atoms with E-state index in [4.69, 9.17) is 0 Å². The van der Waals surface area contributed by atoms with Gasteiger partial charge < -0.3 is 0 Å². The Labute approximate surface area is 246 Å². The predicted molar refractivity (Wildman–Crippen MR) is 180 cm³/mol. The highest BCUT2D eigenvalue weighted by atomic mass is 31.1. The Morgan fingerprint density at radius 1 is 0.500 bits per heavy atom. The van der Waals surface area contributed by atoms with Crippen molar-refractivity contribution >= 4 is 47.6 Å². The van der Waals surface area contributed by atoms with Crippen LogP contribution in [0, 0.1) is 41.5 Å². The van der Waals surface area contributed by atoms with Crippen LogP contribution >= 0.6 is 7.92 Å². The summed E-state index contributed by atoms with van der Waals surface area (Å²) in [7, 11) is -0.810. The molecule has 0 aliphatic carbocycles. The van der Waals surface area contributed by atoms with Crippen molar-refractivity contribution in [2.24, 2.45) is 0 Å². The molecule has 0 aromatic heterocycles. The van der Waals surface area contributed by atoms with E-state index in [1.54, 1.807) is 4.18 Å². The molecule has 0 unspecified atom stereocenters. The van der Waals surface area contributed by atoms with Crippen LogP contribution in [0.4, 0.5) is 0 Å². The van der Waals surface area contributed by atoms with Crippen LogP contribution < -0.4 is 19.5 Å². The molecule has 2 heteroatoms. The van der Waals surface area contributed by atoms with Crippen LogP contribution in [-0.4, -0.2) is 14.1 Å². The van der Waals surface area contributed by atoms with Gasteiger partial charge in [-0.3, -0.25) is 0 Å². The van der Waals surface area contributed by atoms with E-state index in [-0.39, 0.29) is 0 Å². The molecule has 0 aliphatic rings. The summed E-state index contributed by atoms with van der Waals surface area (Å²) in [5, 5.41) is 3.03. The third kappa shape index (κ3) is 6.09. The van der Waals surface area contributed by atoms with Crippen LogP contribution in [0.5, 0.6) is 0 Å². The van der Waals surface area contributed by atoms with Gasteiger partial charge in [0.2, 0.25) is 0 Å². The highest BCUT2D eigenvalue weighted by Gasteiger charge is 2.36. The zero-order valence-corrected chi connectivity index (χ0v) is 26.6. The summed E-state index contributed by atoms with van der Waals surface area (Å²) in [6.45, 7) is 13.7. The Hall–Kier alpha value is -3.20. The van der Waals surface area contributed by atoms with Crippen molar-refractivity contribution in [1.82, 2.24) is 0 Å². The van der Waals surface area contributed by atoms with Gasteiger partial charge in [0.05, 0.1) is 0 Å². The quantitative estimate of drug-likeness (QED) is 0.142. The Bertz CT molecular complexity index is 1490. The monoisotopic (exact) mass is 552 g/mol. The second-order valence-electron chi connectivity index (χ2n) is 11.1. The van der Waals surface area contributed by atoms with Gasteiger partial charge in [-0.2, -0.15) is 0 Å². The molecule has 0 saturated carbocycles. The molecule has 0 N–H and O–H groups in total. The smallest absolute Gasteiger partial charge is 0.0985 e. The first-order chi connectivity index (χ1) is 19.3. The standard InChI is InChI=1S/C26H28P.2C6H5.Al/c1-18-14-20(3)25(21(4)15-18)27(13-12-24-10-8-7-9-11-24)26-22(5)16-19(2)17-23(26)6;2*1-2-4-6-5-3-1;/h7-12,14-17H,1-6H3;2*1-5H;. The molecule has 198 valence electrons. The fourth-order valence-corrected chi connectivity index (χ4v) is 14.3. The Balaban J connectivity index is 1.92. The lowest BCUT2D eigenvalue weighted by molar-refractivity contribution is 1.34. The molecule has 0 radical (unpaired) electrons. The lowest BCUT2D eigenvalue weighted by Gasteiger charge is -2.32. The Morgan fingerprint density at radius 3 is 1.23 bits per heavy atom. The molecule has 0 aliphatic heterocycles. The average Bonchev–Trinajstić information content (AvgIpc) is 2.93. The predicted octanol–water partition coefficient (Wildman–Crippen LogP) is 7.86. The lowest BCUT2D eigenvalue weighted by Crippen LogP contribution is -2.45.